The van der Waals surface area contributed by atoms with E-state index in [2.05, 4.69) is 26.1 Å². The predicted octanol–water partition coefficient (Wildman–Crippen LogP) is 4.74. The third kappa shape index (κ3) is 4.79. The Bertz CT molecular complexity index is 450. The molecule has 1 aliphatic rings. The molecular weight excluding hydrogens is 286 g/mol. The molecule has 0 spiro atoms. The second kappa shape index (κ2) is 7.90. The molecule has 118 valence electrons. The van der Waals surface area contributed by atoms with Crippen molar-refractivity contribution < 1.29 is 9.47 Å². The fraction of sp³-hybridized carbons (Fsp3) is 0.647. The summed E-state index contributed by atoms with van der Waals surface area (Å²) in [6, 6.07) is 6.38. The Morgan fingerprint density at radius 3 is 2.90 bits per heavy atom. The molecule has 1 aromatic rings. The van der Waals surface area contributed by atoms with Gasteiger partial charge >= 0.3 is 0 Å². The highest BCUT2D eigenvalue weighted by Gasteiger charge is 2.24. The van der Waals surface area contributed by atoms with Gasteiger partial charge in [0.1, 0.15) is 5.75 Å². The maximum atomic E-state index is 6.27. The molecule has 2 rings (SSSR count). The third-order valence-corrected chi connectivity index (χ3v) is 4.12. The Hall–Kier alpha value is -0.930. The van der Waals surface area contributed by atoms with Crippen LogP contribution in [-0.4, -0.2) is 25.4 Å². The van der Waals surface area contributed by atoms with Gasteiger partial charge in [-0.15, -0.1) is 0 Å². The van der Waals surface area contributed by atoms with Crippen LogP contribution in [0.4, 0.5) is 5.69 Å². The zero-order chi connectivity index (χ0) is 15.2. The van der Waals surface area contributed by atoms with Crippen molar-refractivity contribution >= 4 is 17.3 Å². The van der Waals surface area contributed by atoms with Crippen LogP contribution in [0.3, 0.4) is 0 Å². The quantitative estimate of drug-likeness (QED) is 0.822. The largest absolute Gasteiger partial charge is 0.492 e. The van der Waals surface area contributed by atoms with Crippen LogP contribution >= 0.6 is 11.6 Å². The van der Waals surface area contributed by atoms with Gasteiger partial charge < -0.3 is 14.8 Å². The highest BCUT2D eigenvalue weighted by atomic mass is 35.5. The van der Waals surface area contributed by atoms with Gasteiger partial charge in [0.15, 0.2) is 0 Å². The van der Waals surface area contributed by atoms with Gasteiger partial charge in [-0.05, 0) is 43.4 Å². The maximum absolute atomic E-state index is 6.27. The predicted molar refractivity (Wildman–Crippen MR) is 88.5 cm³/mol. The number of halogens is 1. The van der Waals surface area contributed by atoms with Crippen molar-refractivity contribution in [1.29, 1.82) is 0 Å². The van der Waals surface area contributed by atoms with Crippen LogP contribution in [0.1, 0.15) is 40.0 Å². The van der Waals surface area contributed by atoms with Crippen molar-refractivity contribution in [2.24, 2.45) is 5.92 Å². The van der Waals surface area contributed by atoms with Crippen molar-refractivity contribution in [1.82, 2.24) is 0 Å². The molecule has 0 radical (unpaired) electrons. The Balaban J connectivity index is 1.94. The Morgan fingerprint density at radius 1 is 1.43 bits per heavy atom. The number of hydrogen-bond donors (Lipinski definition) is 1. The molecule has 0 saturated carbocycles. The summed E-state index contributed by atoms with van der Waals surface area (Å²) < 4.78 is 11.4. The first-order valence-corrected chi connectivity index (χ1v) is 8.28. The van der Waals surface area contributed by atoms with Crippen LogP contribution in [0, 0.1) is 5.92 Å². The highest BCUT2D eigenvalue weighted by Crippen LogP contribution is 2.29. The molecule has 1 aromatic carbocycles. The summed E-state index contributed by atoms with van der Waals surface area (Å²) in [4.78, 5) is 0. The second-order valence-electron chi connectivity index (χ2n) is 6.01. The lowest BCUT2D eigenvalue weighted by molar-refractivity contribution is -0.0160. The van der Waals surface area contributed by atoms with Gasteiger partial charge in [-0.25, -0.2) is 0 Å². The van der Waals surface area contributed by atoms with Crippen molar-refractivity contribution in [3.8, 4) is 5.75 Å². The zero-order valence-electron chi connectivity index (χ0n) is 13.2. The Labute approximate surface area is 133 Å². The van der Waals surface area contributed by atoms with Gasteiger partial charge in [0.05, 0.1) is 17.7 Å². The summed E-state index contributed by atoms with van der Waals surface area (Å²) in [5, 5.41) is 4.24. The van der Waals surface area contributed by atoms with Gasteiger partial charge in [0.25, 0.3) is 0 Å². The number of benzene rings is 1. The fourth-order valence-corrected chi connectivity index (χ4v) is 2.81. The molecule has 21 heavy (non-hydrogen) atoms. The summed E-state index contributed by atoms with van der Waals surface area (Å²) >= 11 is 6.27. The van der Waals surface area contributed by atoms with Crippen molar-refractivity contribution in [2.75, 3.05) is 18.5 Å². The molecular formula is C17H26ClNO2. The van der Waals surface area contributed by atoms with E-state index in [-0.39, 0.29) is 0 Å². The lowest BCUT2D eigenvalue weighted by atomic mass is 9.95. The van der Waals surface area contributed by atoms with Gasteiger partial charge in [-0.3, -0.25) is 0 Å². The van der Waals surface area contributed by atoms with Crippen LogP contribution in [0.15, 0.2) is 18.2 Å². The first kappa shape index (κ1) is 16.4. The second-order valence-corrected chi connectivity index (χ2v) is 6.42. The van der Waals surface area contributed by atoms with Crippen molar-refractivity contribution in [3.05, 3.63) is 23.2 Å². The van der Waals surface area contributed by atoms with Gasteiger partial charge in [-0.1, -0.05) is 32.4 Å². The maximum Gasteiger partial charge on any atom is 0.138 e. The number of hydrogen-bond acceptors (Lipinski definition) is 3. The van der Waals surface area contributed by atoms with Gasteiger partial charge in [0.2, 0.25) is 0 Å². The van der Waals surface area contributed by atoms with E-state index in [0.29, 0.717) is 29.7 Å². The molecule has 1 fully saturated rings. The third-order valence-electron chi connectivity index (χ3n) is 3.82. The van der Waals surface area contributed by atoms with Crippen LogP contribution in [0.25, 0.3) is 0 Å². The minimum absolute atomic E-state index is 0.346. The van der Waals surface area contributed by atoms with E-state index in [1.807, 2.05) is 18.2 Å². The average molecular weight is 312 g/mol. The summed E-state index contributed by atoms with van der Waals surface area (Å²) in [5.74, 6) is 1.32. The van der Waals surface area contributed by atoms with E-state index in [4.69, 9.17) is 21.1 Å². The summed E-state index contributed by atoms with van der Waals surface area (Å²) in [7, 11) is 0. The van der Waals surface area contributed by atoms with E-state index in [1.165, 1.54) is 0 Å². The van der Waals surface area contributed by atoms with Gasteiger partial charge in [-0.2, -0.15) is 0 Å². The molecule has 3 nitrogen and oxygen atoms in total. The van der Waals surface area contributed by atoms with Crippen LogP contribution < -0.4 is 10.1 Å². The molecule has 0 aromatic heterocycles. The molecule has 2 atom stereocenters. The first-order chi connectivity index (χ1) is 10.1. The molecule has 1 saturated heterocycles. The van der Waals surface area contributed by atoms with E-state index in [1.54, 1.807) is 0 Å². The summed E-state index contributed by atoms with van der Waals surface area (Å²) in [6.07, 6.45) is 3.41. The molecule has 0 aliphatic carbocycles. The molecule has 0 bridgehead atoms. The van der Waals surface area contributed by atoms with E-state index < -0.39 is 0 Å². The number of anilines is 1. The monoisotopic (exact) mass is 311 g/mol. The van der Waals surface area contributed by atoms with Crippen LogP contribution in [-0.2, 0) is 4.74 Å². The first-order valence-electron chi connectivity index (χ1n) is 7.90. The van der Waals surface area contributed by atoms with Crippen molar-refractivity contribution in [3.63, 3.8) is 0 Å². The lowest BCUT2D eigenvalue weighted by Gasteiger charge is -2.33. The van der Waals surface area contributed by atoms with E-state index in [9.17, 15) is 0 Å². The molecule has 2 unspecified atom stereocenters. The normalized spacial score (nSPS) is 22.3. The molecule has 4 heteroatoms. The SMILES string of the molecule is CCCOc1ccc(NC2CCOC(C(C)C)C2)cc1Cl. The summed E-state index contributed by atoms with van der Waals surface area (Å²) in [6.45, 7) is 8.03. The zero-order valence-corrected chi connectivity index (χ0v) is 14.0. The Kier molecular flexibility index (Phi) is 6.19. The smallest absolute Gasteiger partial charge is 0.138 e. The standard InChI is InChI=1S/C17H26ClNO2/c1-4-8-20-16-6-5-13(10-15(16)18)19-14-7-9-21-17(11-14)12(2)3/h5-6,10,12,14,17,19H,4,7-9,11H2,1-3H3. The fourth-order valence-electron chi connectivity index (χ4n) is 2.58. The van der Waals surface area contributed by atoms with Crippen molar-refractivity contribution in [2.45, 2.75) is 52.2 Å². The van der Waals surface area contributed by atoms with E-state index in [0.717, 1.165) is 37.3 Å². The molecule has 1 aliphatic heterocycles. The number of nitrogens with one attached hydrogen (secondary N) is 1. The molecule has 1 heterocycles. The van der Waals surface area contributed by atoms with Crippen LogP contribution in [0.5, 0.6) is 5.75 Å². The number of rotatable bonds is 6. The lowest BCUT2D eigenvalue weighted by Crippen LogP contribution is -2.36. The highest BCUT2D eigenvalue weighted by molar-refractivity contribution is 6.32. The van der Waals surface area contributed by atoms with E-state index >= 15 is 0 Å². The molecule has 0 amide bonds. The minimum Gasteiger partial charge on any atom is -0.492 e. The van der Waals surface area contributed by atoms with Gasteiger partial charge in [0, 0.05) is 18.3 Å². The molecule has 1 N–H and O–H groups in total. The minimum atomic E-state index is 0.346. The Morgan fingerprint density at radius 2 is 2.24 bits per heavy atom. The summed E-state index contributed by atoms with van der Waals surface area (Å²) in [5.41, 5.74) is 1.05. The average Bonchev–Trinajstić information content (AvgIpc) is 2.47. The number of ether oxygens (including phenoxy) is 2. The van der Waals surface area contributed by atoms with Crippen LogP contribution in [0.2, 0.25) is 5.02 Å². The topological polar surface area (TPSA) is 30.5 Å².